The number of ether oxygens (including phenoxy) is 1. The van der Waals surface area contributed by atoms with Crippen LogP contribution in [0.4, 0.5) is 32.0 Å². The molecule has 0 heterocycles. The van der Waals surface area contributed by atoms with Crippen molar-refractivity contribution < 1.29 is 41.0 Å². The Balaban J connectivity index is 0.000000281. The molecular formula is C26H25F6NO3. The highest BCUT2D eigenvalue weighted by Crippen LogP contribution is 2.30. The number of aryl methyl sites for hydroxylation is 1. The molecule has 194 valence electrons. The number of carbonyl (C=O) groups is 1. The molecule has 10 heteroatoms. The molecule has 0 aromatic heterocycles. The Morgan fingerprint density at radius 2 is 1.33 bits per heavy atom. The fraction of sp³-hybridized carbons (Fsp3) is 0.269. The van der Waals surface area contributed by atoms with Gasteiger partial charge in [-0.3, -0.25) is 4.79 Å². The molecule has 0 saturated carbocycles. The Bertz CT molecular complexity index is 1120. The van der Waals surface area contributed by atoms with E-state index in [1.54, 1.807) is 7.11 Å². The highest BCUT2D eigenvalue weighted by molar-refractivity contribution is 5.70. The van der Waals surface area contributed by atoms with Gasteiger partial charge in [-0.15, -0.1) is 0 Å². The average molecular weight is 513 g/mol. The minimum atomic E-state index is -4.37. The number of halogens is 6. The fourth-order valence-electron chi connectivity index (χ4n) is 3.11. The first-order valence-corrected chi connectivity index (χ1v) is 10.7. The van der Waals surface area contributed by atoms with E-state index in [4.69, 9.17) is 9.84 Å². The van der Waals surface area contributed by atoms with Gasteiger partial charge in [0.05, 0.1) is 24.7 Å². The zero-order valence-electron chi connectivity index (χ0n) is 19.5. The van der Waals surface area contributed by atoms with E-state index in [1.165, 1.54) is 12.1 Å². The van der Waals surface area contributed by atoms with Gasteiger partial charge in [0.2, 0.25) is 0 Å². The number of nitrogens with one attached hydrogen (secondary N) is 1. The van der Waals surface area contributed by atoms with Crippen molar-refractivity contribution in [3.63, 3.8) is 0 Å². The number of aliphatic carboxylic acids is 1. The molecule has 0 spiro atoms. The minimum Gasteiger partial charge on any atom is -0.497 e. The summed E-state index contributed by atoms with van der Waals surface area (Å²) in [5.74, 6) is -0.299. The number of carboxylic acids is 1. The van der Waals surface area contributed by atoms with Crippen molar-refractivity contribution in [2.75, 3.05) is 19.0 Å². The largest absolute Gasteiger partial charge is 0.497 e. The Hall–Kier alpha value is -3.69. The number of alkyl halides is 6. The van der Waals surface area contributed by atoms with Crippen molar-refractivity contribution in [2.24, 2.45) is 0 Å². The first-order valence-electron chi connectivity index (χ1n) is 10.7. The zero-order valence-corrected chi connectivity index (χ0v) is 19.5. The van der Waals surface area contributed by atoms with E-state index in [9.17, 15) is 31.1 Å². The van der Waals surface area contributed by atoms with Crippen LogP contribution in [0.5, 0.6) is 5.75 Å². The SMILES string of the molecule is COc1ccc(C)c(NCCc2ccc(C(F)(F)F)cc2)c1.O=C(O)Cc1ccc(C(F)(F)F)cc1. The van der Waals surface area contributed by atoms with Crippen LogP contribution in [0.2, 0.25) is 0 Å². The molecule has 0 unspecified atom stereocenters. The monoisotopic (exact) mass is 513 g/mol. The molecule has 0 bridgehead atoms. The molecule has 0 saturated heterocycles. The smallest absolute Gasteiger partial charge is 0.416 e. The molecule has 4 nitrogen and oxygen atoms in total. The molecule has 0 aliphatic carbocycles. The molecule has 36 heavy (non-hydrogen) atoms. The lowest BCUT2D eigenvalue weighted by Gasteiger charge is -2.12. The molecule has 0 fully saturated rings. The summed E-state index contributed by atoms with van der Waals surface area (Å²) in [6.45, 7) is 2.62. The number of rotatable bonds is 7. The quantitative estimate of drug-likeness (QED) is 0.334. The third-order valence-corrected chi connectivity index (χ3v) is 5.09. The molecular weight excluding hydrogens is 488 g/mol. The van der Waals surface area contributed by atoms with Crippen LogP contribution in [0, 0.1) is 6.92 Å². The normalized spacial score (nSPS) is 11.3. The summed E-state index contributed by atoms with van der Waals surface area (Å²) >= 11 is 0. The predicted molar refractivity (Wildman–Crippen MR) is 124 cm³/mol. The molecule has 3 aromatic rings. The molecule has 0 amide bonds. The van der Waals surface area contributed by atoms with E-state index >= 15 is 0 Å². The number of anilines is 1. The maximum Gasteiger partial charge on any atom is 0.416 e. The van der Waals surface area contributed by atoms with Crippen molar-refractivity contribution in [1.82, 2.24) is 0 Å². The molecule has 0 aliphatic heterocycles. The van der Waals surface area contributed by atoms with Gasteiger partial charge >= 0.3 is 18.3 Å². The standard InChI is InChI=1S/C17H18F3NO.C9H7F3O2/c1-12-3-8-15(22-2)11-16(12)21-10-9-13-4-6-14(7-5-13)17(18,19)20;10-9(11,12)7-3-1-6(2-4-7)5-8(13)14/h3-8,11,21H,9-10H2,1-2H3;1-4H,5H2,(H,13,14). The second-order valence-electron chi connectivity index (χ2n) is 7.82. The molecule has 2 N–H and O–H groups in total. The summed E-state index contributed by atoms with van der Waals surface area (Å²) < 4.78 is 78.8. The van der Waals surface area contributed by atoms with Crippen LogP contribution in [0.15, 0.2) is 66.7 Å². The molecule has 0 aliphatic rings. The topological polar surface area (TPSA) is 58.6 Å². The summed E-state index contributed by atoms with van der Waals surface area (Å²) in [5, 5.41) is 11.7. The van der Waals surface area contributed by atoms with Crippen LogP contribution in [-0.2, 0) is 30.0 Å². The van der Waals surface area contributed by atoms with Crippen LogP contribution >= 0.6 is 0 Å². The Kier molecular flexibility index (Phi) is 9.77. The molecule has 3 rings (SSSR count). The van der Waals surface area contributed by atoms with E-state index in [0.717, 1.165) is 59.0 Å². The number of carboxylic acid groups (broad SMARTS) is 1. The van der Waals surface area contributed by atoms with E-state index in [-0.39, 0.29) is 6.42 Å². The predicted octanol–water partition coefficient (Wildman–Crippen LogP) is 7.01. The van der Waals surface area contributed by atoms with Gasteiger partial charge in [-0.05, 0) is 60.4 Å². The van der Waals surface area contributed by atoms with Crippen LogP contribution < -0.4 is 10.1 Å². The van der Waals surface area contributed by atoms with Crippen molar-refractivity contribution in [3.8, 4) is 5.75 Å². The summed E-state index contributed by atoms with van der Waals surface area (Å²) in [6.07, 6.45) is -8.27. The number of hydrogen-bond donors (Lipinski definition) is 2. The fourth-order valence-corrected chi connectivity index (χ4v) is 3.11. The van der Waals surface area contributed by atoms with Crippen molar-refractivity contribution in [2.45, 2.75) is 32.1 Å². The number of benzene rings is 3. The van der Waals surface area contributed by atoms with Crippen molar-refractivity contribution >= 4 is 11.7 Å². The van der Waals surface area contributed by atoms with Crippen LogP contribution in [0.25, 0.3) is 0 Å². The summed E-state index contributed by atoms with van der Waals surface area (Å²) in [6, 6.07) is 15.1. The van der Waals surface area contributed by atoms with Gasteiger partial charge < -0.3 is 15.2 Å². The third kappa shape index (κ3) is 9.16. The van der Waals surface area contributed by atoms with Gasteiger partial charge in [-0.1, -0.05) is 30.3 Å². The summed E-state index contributed by atoms with van der Waals surface area (Å²) in [4.78, 5) is 10.2. The van der Waals surface area contributed by atoms with Crippen LogP contribution in [0.3, 0.4) is 0 Å². The van der Waals surface area contributed by atoms with E-state index in [2.05, 4.69) is 5.32 Å². The average Bonchev–Trinajstić information content (AvgIpc) is 2.80. The highest BCUT2D eigenvalue weighted by atomic mass is 19.4. The van der Waals surface area contributed by atoms with E-state index < -0.39 is 29.4 Å². The summed E-state index contributed by atoms with van der Waals surface area (Å²) in [7, 11) is 1.61. The van der Waals surface area contributed by atoms with Crippen molar-refractivity contribution in [3.05, 3.63) is 94.5 Å². The van der Waals surface area contributed by atoms with E-state index in [1.807, 2.05) is 25.1 Å². The molecule has 3 aromatic carbocycles. The maximum atomic E-state index is 12.5. The molecule has 0 atom stereocenters. The number of hydrogen-bond acceptors (Lipinski definition) is 3. The van der Waals surface area contributed by atoms with Crippen LogP contribution in [-0.4, -0.2) is 24.7 Å². The minimum absolute atomic E-state index is 0.266. The highest BCUT2D eigenvalue weighted by Gasteiger charge is 2.30. The Morgan fingerprint density at radius 1 is 0.833 bits per heavy atom. The lowest BCUT2D eigenvalue weighted by Crippen LogP contribution is -2.07. The van der Waals surface area contributed by atoms with Crippen LogP contribution in [0.1, 0.15) is 27.8 Å². The molecule has 0 radical (unpaired) electrons. The lowest BCUT2D eigenvalue weighted by atomic mass is 10.1. The first kappa shape index (κ1) is 28.5. The van der Waals surface area contributed by atoms with Gasteiger partial charge in [0, 0.05) is 18.3 Å². The summed E-state index contributed by atoms with van der Waals surface area (Å²) in [5.41, 5.74) is 1.88. The Labute approximate surface area is 204 Å². The zero-order chi connectivity index (χ0) is 26.9. The second kappa shape index (κ2) is 12.3. The van der Waals surface area contributed by atoms with E-state index in [0.29, 0.717) is 18.5 Å². The van der Waals surface area contributed by atoms with Gasteiger partial charge in [0.15, 0.2) is 0 Å². The lowest BCUT2D eigenvalue weighted by molar-refractivity contribution is -0.138. The number of methoxy groups -OCH3 is 1. The maximum absolute atomic E-state index is 12.5. The van der Waals surface area contributed by atoms with Gasteiger partial charge in [0.25, 0.3) is 0 Å². The van der Waals surface area contributed by atoms with Gasteiger partial charge in [0.1, 0.15) is 5.75 Å². The van der Waals surface area contributed by atoms with Gasteiger partial charge in [-0.25, -0.2) is 0 Å². The Morgan fingerprint density at radius 3 is 1.78 bits per heavy atom. The second-order valence-corrected chi connectivity index (χ2v) is 7.82. The van der Waals surface area contributed by atoms with Crippen molar-refractivity contribution in [1.29, 1.82) is 0 Å². The third-order valence-electron chi connectivity index (χ3n) is 5.09. The first-order chi connectivity index (χ1) is 16.8. The van der Waals surface area contributed by atoms with Gasteiger partial charge in [-0.2, -0.15) is 26.3 Å².